The molecule has 0 radical (unpaired) electrons. The Labute approximate surface area is 128 Å². The number of anilines is 1. The number of nitrogens with one attached hydrogen (secondary N) is 1. The van der Waals surface area contributed by atoms with Gasteiger partial charge < -0.3 is 10.2 Å². The minimum Gasteiger partial charge on any atom is -0.371 e. The minimum atomic E-state index is 0.576. The molecule has 3 heteroatoms. The van der Waals surface area contributed by atoms with Crippen LogP contribution in [0.1, 0.15) is 45.1 Å². The summed E-state index contributed by atoms with van der Waals surface area (Å²) in [5.74, 6) is 0. The molecule has 0 unspecified atom stereocenters. The monoisotopic (exact) mass is 294 g/mol. The van der Waals surface area contributed by atoms with Gasteiger partial charge in [-0.05, 0) is 43.0 Å². The fraction of sp³-hybridized carbons (Fsp3) is 0.647. The first-order valence-electron chi connectivity index (χ1n) is 7.82. The zero-order valence-corrected chi connectivity index (χ0v) is 13.8. The molecule has 1 saturated heterocycles. The third-order valence-electron chi connectivity index (χ3n) is 5.09. The lowest BCUT2D eigenvalue weighted by Crippen LogP contribution is -2.39. The molecule has 1 aromatic rings. The Kier molecular flexibility index (Phi) is 5.34. The Morgan fingerprint density at radius 2 is 1.85 bits per heavy atom. The minimum absolute atomic E-state index is 0.576. The molecule has 0 amide bonds. The van der Waals surface area contributed by atoms with Gasteiger partial charge in [-0.3, -0.25) is 0 Å². The Hall–Kier alpha value is -0.730. The third kappa shape index (κ3) is 3.29. The molecule has 0 spiro atoms. The first-order chi connectivity index (χ1) is 9.64. The van der Waals surface area contributed by atoms with E-state index in [1.165, 1.54) is 36.9 Å². The molecule has 0 bridgehead atoms. The highest BCUT2D eigenvalue weighted by molar-refractivity contribution is 6.31. The van der Waals surface area contributed by atoms with E-state index in [-0.39, 0.29) is 0 Å². The molecule has 0 saturated carbocycles. The van der Waals surface area contributed by atoms with Crippen LogP contribution in [0, 0.1) is 5.41 Å². The number of rotatable bonds is 5. The first kappa shape index (κ1) is 15.7. The van der Waals surface area contributed by atoms with E-state index in [0.717, 1.165) is 24.7 Å². The van der Waals surface area contributed by atoms with Crippen LogP contribution in [0.2, 0.25) is 5.02 Å². The lowest BCUT2D eigenvalue weighted by atomic mass is 9.74. The summed E-state index contributed by atoms with van der Waals surface area (Å²) < 4.78 is 0. The molecular weight excluding hydrogens is 268 g/mol. The number of hydrogen-bond donors (Lipinski definition) is 1. The Bertz CT molecular complexity index is 431. The zero-order chi connectivity index (χ0) is 14.6. The van der Waals surface area contributed by atoms with Crippen LogP contribution in [-0.4, -0.2) is 20.1 Å². The van der Waals surface area contributed by atoms with Crippen molar-refractivity contribution in [2.75, 3.05) is 25.0 Å². The van der Waals surface area contributed by atoms with Gasteiger partial charge in [0.2, 0.25) is 0 Å². The lowest BCUT2D eigenvalue weighted by Gasteiger charge is -2.42. The van der Waals surface area contributed by atoms with Crippen molar-refractivity contribution < 1.29 is 0 Å². The van der Waals surface area contributed by atoms with Crippen LogP contribution < -0.4 is 10.2 Å². The maximum Gasteiger partial charge on any atom is 0.0471 e. The molecule has 0 aliphatic carbocycles. The highest BCUT2D eigenvalue weighted by Crippen LogP contribution is 2.39. The van der Waals surface area contributed by atoms with Crippen molar-refractivity contribution >= 4 is 17.3 Å². The molecule has 2 nitrogen and oxygen atoms in total. The van der Waals surface area contributed by atoms with Gasteiger partial charge in [-0.1, -0.05) is 44.4 Å². The molecule has 1 aliphatic rings. The molecule has 1 fully saturated rings. The van der Waals surface area contributed by atoms with E-state index >= 15 is 0 Å². The number of halogens is 1. The van der Waals surface area contributed by atoms with E-state index in [9.17, 15) is 0 Å². The maximum absolute atomic E-state index is 6.37. The van der Waals surface area contributed by atoms with Crippen molar-refractivity contribution in [2.45, 2.75) is 46.1 Å². The second kappa shape index (κ2) is 6.82. The number of piperidine rings is 1. The highest BCUT2D eigenvalue weighted by Gasteiger charge is 2.31. The van der Waals surface area contributed by atoms with Gasteiger partial charge in [-0.15, -0.1) is 0 Å². The van der Waals surface area contributed by atoms with Crippen molar-refractivity contribution in [3.05, 3.63) is 28.8 Å². The van der Waals surface area contributed by atoms with Crippen molar-refractivity contribution in [2.24, 2.45) is 5.41 Å². The van der Waals surface area contributed by atoms with E-state index in [4.69, 9.17) is 11.6 Å². The van der Waals surface area contributed by atoms with Gasteiger partial charge in [0.15, 0.2) is 0 Å². The van der Waals surface area contributed by atoms with Crippen molar-refractivity contribution in [1.29, 1.82) is 0 Å². The van der Waals surface area contributed by atoms with Crippen LogP contribution in [0.3, 0.4) is 0 Å². The van der Waals surface area contributed by atoms with E-state index in [0.29, 0.717) is 5.41 Å². The predicted molar refractivity (Wildman–Crippen MR) is 88.7 cm³/mol. The first-order valence-corrected chi connectivity index (χ1v) is 8.20. The Morgan fingerprint density at radius 3 is 2.35 bits per heavy atom. The SMILES string of the molecule is CCC1(CC)CCN(c2ccc(CNC)c(Cl)c2)CC1. The molecule has 1 aliphatic heterocycles. The van der Waals surface area contributed by atoms with Gasteiger partial charge in [0.1, 0.15) is 0 Å². The topological polar surface area (TPSA) is 15.3 Å². The highest BCUT2D eigenvalue weighted by atomic mass is 35.5. The van der Waals surface area contributed by atoms with Crippen molar-refractivity contribution in [3.8, 4) is 0 Å². The quantitative estimate of drug-likeness (QED) is 0.862. The van der Waals surface area contributed by atoms with Gasteiger partial charge in [0.25, 0.3) is 0 Å². The average Bonchev–Trinajstić information content (AvgIpc) is 2.49. The van der Waals surface area contributed by atoms with Gasteiger partial charge in [0, 0.05) is 30.3 Å². The predicted octanol–water partition coefficient (Wildman–Crippen LogP) is 4.47. The zero-order valence-electron chi connectivity index (χ0n) is 13.0. The van der Waals surface area contributed by atoms with Crippen LogP contribution in [0.5, 0.6) is 0 Å². The third-order valence-corrected chi connectivity index (χ3v) is 5.44. The standard InChI is InChI=1S/C17H27ClN2/c1-4-17(5-2)8-10-20(11-9-17)15-7-6-14(13-19-3)16(18)12-15/h6-7,12,19H,4-5,8-11,13H2,1-3H3. The lowest BCUT2D eigenvalue weighted by molar-refractivity contribution is 0.199. The van der Waals surface area contributed by atoms with E-state index in [2.05, 4.69) is 42.3 Å². The van der Waals surface area contributed by atoms with Crippen LogP contribution >= 0.6 is 11.6 Å². The molecule has 1 aromatic carbocycles. The smallest absolute Gasteiger partial charge is 0.0471 e. The van der Waals surface area contributed by atoms with Gasteiger partial charge in [-0.2, -0.15) is 0 Å². The Morgan fingerprint density at radius 1 is 1.20 bits per heavy atom. The van der Waals surface area contributed by atoms with E-state index in [1.54, 1.807) is 0 Å². The maximum atomic E-state index is 6.37. The molecule has 20 heavy (non-hydrogen) atoms. The summed E-state index contributed by atoms with van der Waals surface area (Å²) in [6.45, 7) is 7.81. The van der Waals surface area contributed by atoms with E-state index in [1.807, 2.05) is 7.05 Å². The van der Waals surface area contributed by atoms with Crippen LogP contribution in [-0.2, 0) is 6.54 Å². The van der Waals surface area contributed by atoms with Crippen molar-refractivity contribution in [1.82, 2.24) is 5.32 Å². The summed E-state index contributed by atoms with van der Waals surface area (Å²) in [5.41, 5.74) is 3.02. The number of nitrogens with zero attached hydrogens (tertiary/aromatic N) is 1. The van der Waals surface area contributed by atoms with Crippen LogP contribution in [0.15, 0.2) is 18.2 Å². The molecule has 112 valence electrons. The number of benzene rings is 1. The van der Waals surface area contributed by atoms with Crippen LogP contribution in [0.4, 0.5) is 5.69 Å². The average molecular weight is 295 g/mol. The van der Waals surface area contributed by atoms with Gasteiger partial charge in [-0.25, -0.2) is 0 Å². The van der Waals surface area contributed by atoms with Crippen molar-refractivity contribution in [3.63, 3.8) is 0 Å². The van der Waals surface area contributed by atoms with Gasteiger partial charge >= 0.3 is 0 Å². The summed E-state index contributed by atoms with van der Waals surface area (Å²) in [5, 5.41) is 4.03. The fourth-order valence-corrected chi connectivity index (χ4v) is 3.50. The normalized spacial score (nSPS) is 18.3. The summed E-state index contributed by atoms with van der Waals surface area (Å²) in [4.78, 5) is 2.48. The number of hydrogen-bond acceptors (Lipinski definition) is 2. The Balaban J connectivity index is 2.05. The summed E-state index contributed by atoms with van der Waals surface area (Å²) in [6, 6.07) is 6.48. The summed E-state index contributed by atoms with van der Waals surface area (Å²) >= 11 is 6.37. The van der Waals surface area contributed by atoms with Crippen LogP contribution in [0.25, 0.3) is 0 Å². The van der Waals surface area contributed by atoms with Gasteiger partial charge in [0.05, 0.1) is 0 Å². The summed E-state index contributed by atoms with van der Waals surface area (Å²) in [6.07, 6.45) is 5.21. The second-order valence-corrected chi connectivity index (χ2v) is 6.41. The molecule has 2 rings (SSSR count). The molecule has 1 heterocycles. The molecular formula is C17H27ClN2. The second-order valence-electron chi connectivity index (χ2n) is 6.00. The molecule has 1 N–H and O–H groups in total. The molecule has 0 aromatic heterocycles. The molecule has 0 atom stereocenters. The largest absolute Gasteiger partial charge is 0.371 e. The summed E-state index contributed by atoms with van der Waals surface area (Å²) in [7, 11) is 1.95. The van der Waals surface area contributed by atoms with E-state index < -0.39 is 0 Å². The fourth-order valence-electron chi connectivity index (χ4n) is 3.26.